The number of esters is 1. The van der Waals surface area contributed by atoms with Crippen LogP contribution in [0.15, 0.2) is 18.2 Å². The Morgan fingerprint density at radius 2 is 1.70 bits per heavy atom. The Balaban J connectivity index is 2.48. The first-order chi connectivity index (χ1) is 12.3. The van der Waals surface area contributed by atoms with Crippen molar-refractivity contribution in [3.8, 4) is 5.75 Å². The zero-order valence-corrected chi connectivity index (χ0v) is 16.3. The molecule has 1 aliphatic rings. The molecule has 1 aliphatic heterocycles. The van der Waals surface area contributed by atoms with Crippen molar-refractivity contribution in [3.05, 3.63) is 29.3 Å². The number of ether oxygens (including phenoxy) is 2. The number of halogens is 3. The fourth-order valence-corrected chi connectivity index (χ4v) is 2.86. The number of carbonyl (C=O) groups excluding carboxylic acids is 1. The van der Waals surface area contributed by atoms with Crippen LogP contribution >= 0.6 is 0 Å². The van der Waals surface area contributed by atoms with E-state index in [1.165, 1.54) is 26.4 Å². The summed E-state index contributed by atoms with van der Waals surface area (Å²) < 4.78 is 61.7. The number of methoxy groups -OCH3 is 2. The number of benzene rings is 1. The van der Waals surface area contributed by atoms with E-state index in [0.717, 1.165) is 6.07 Å². The van der Waals surface area contributed by atoms with Gasteiger partial charge >= 0.3 is 19.3 Å². The SMILES string of the molecule is COC(=O)CC(B1OC(C)(C)C(C)(C)O1)c1ccc(OC)c(C(F)(F)F)c1. The van der Waals surface area contributed by atoms with Gasteiger partial charge in [0.05, 0.1) is 37.4 Å². The summed E-state index contributed by atoms with van der Waals surface area (Å²) in [6, 6.07) is 3.68. The van der Waals surface area contributed by atoms with E-state index >= 15 is 0 Å². The summed E-state index contributed by atoms with van der Waals surface area (Å²) in [6.45, 7) is 7.32. The second-order valence-corrected chi connectivity index (χ2v) is 7.47. The van der Waals surface area contributed by atoms with Crippen molar-refractivity contribution in [3.63, 3.8) is 0 Å². The highest BCUT2D eigenvalue weighted by molar-refractivity contribution is 6.48. The van der Waals surface area contributed by atoms with E-state index in [-0.39, 0.29) is 17.7 Å². The highest BCUT2D eigenvalue weighted by Gasteiger charge is 2.54. The quantitative estimate of drug-likeness (QED) is 0.564. The first kappa shape index (κ1) is 21.6. The highest BCUT2D eigenvalue weighted by atomic mass is 19.4. The molecule has 0 radical (unpaired) electrons. The smallest absolute Gasteiger partial charge is 0.466 e. The Bertz CT molecular complexity index is 687. The predicted octanol–water partition coefficient (Wildman–Crippen LogP) is 3.99. The van der Waals surface area contributed by atoms with Crippen LogP contribution in [-0.4, -0.2) is 38.5 Å². The molecule has 1 aromatic carbocycles. The van der Waals surface area contributed by atoms with E-state index in [4.69, 9.17) is 18.8 Å². The molecule has 0 saturated carbocycles. The summed E-state index contributed by atoms with van der Waals surface area (Å²) in [5, 5.41) is 0. The summed E-state index contributed by atoms with van der Waals surface area (Å²) in [5.41, 5.74) is -2.04. The second-order valence-electron chi connectivity index (χ2n) is 7.47. The molecule has 27 heavy (non-hydrogen) atoms. The number of carbonyl (C=O) groups is 1. The lowest BCUT2D eigenvalue weighted by Crippen LogP contribution is -2.41. The Kier molecular flexibility index (Phi) is 5.87. The van der Waals surface area contributed by atoms with Crippen LogP contribution in [0.25, 0.3) is 0 Å². The molecule has 0 spiro atoms. The van der Waals surface area contributed by atoms with Crippen molar-refractivity contribution in [2.45, 2.75) is 57.3 Å². The average Bonchev–Trinajstić information content (AvgIpc) is 2.78. The molecular weight excluding hydrogens is 364 g/mol. The molecule has 5 nitrogen and oxygen atoms in total. The van der Waals surface area contributed by atoms with Crippen LogP contribution in [0.3, 0.4) is 0 Å². The minimum Gasteiger partial charge on any atom is -0.496 e. The normalized spacial score (nSPS) is 19.7. The fraction of sp³-hybridized carbons (Fsp3) is 0.611. The molecule has 0 aromatic heterocycles. The number of hydrogen-bond donors (Lipinski definition) is 0. The number of hydrogen-bond acceptors (Lipinski definition) is 5. The standard InChI is InChI=1S/C18H24BF3O5/c1-16(2)17(3,4)27-19(26-16)13(10-15(23)25-6)11-7-8-14(24-5)12(9-11)18(20,21)22/h7-9,13H,10H2,1-6H3. The van der Waals surface area contributed by atoms with Crippen LogP contribution in [0, 0.1) is 0 Å². The monoisotopic (exact) mass is 388 g/mol. The molecule has 1 aromatic rings. The minimum atomic E-state index is -4.60. The lowest BCUT2D eigenvalue weighted by Gasteiger charge is -2.32. The van der Waals surface area contributed by atoms with Gasteiger partial charge in [-0.1, -0.05) is 6.07 Å². The van der Waals surface area contributed by atoms with Crippen molar-refractivity contribution in [1.82, 2.24) is 0 Å². The van der Waals surface area contributed by atoms with Gasteiger partial charge in [-0.15, -0.1) is 0 Å². The van der Waals surface area contributed by atoms with E-state index < -0.39 is 41.8 Å². The van der Waals surface area contributed by atoms with E-state index in [0.29, 0.717) is 0 Å². The first-order valence-electron chi connectivity index (χ1n) is 8.50. The Morgan fingerprint density at radius 3 is 2.15 bits per heavy atom. The molecule has 0 amide bonds. The first-order valence-corrected chi connectivity index (χ1v) is 8.50. The lowest BCUT2D eigenvalue weighted by atomic mass is 9.66. The minimum absolute atomic E-state index is 0.184. The van der Waals surface area contributed by atoms with Crippen LogP contribution in [0.4, 0.5) is 13.2 Å². The Morgan fingerprint density at radius 1 is 1.15 bits per heavy atom. The zero-order chi connectivity index (χ0) is 20.6. The molecule has 1 heterocycles. The van der Waals surface area contributed by atoms with Gasteiger partial charge in [-0.05, 0) is 45.4 Å². The molecule has 1 fully saturated rings. The largest absolute Gasteiger partial charge is 0.496 e. The van der Waals surface area contributed by atoms with Gasteiger partial charge in [0.2, 0.25) is 0 Å². The topological polar surface area (TPSA) is 54.0 Å². The molecule has 1 saturated heterocycles. The number of rotatable bonds is 5. The van der Waals surface area contributed by atoms with Crippen molar-refractivity contribution >= 4 is 13.1 Å². The summed E-state index contributed by atoms with van der Waals surface area (Å²) in [5.74, 6) is -1.64. The van der Waals surface area contributed by atoms with E-state index in [1.807, 2.05) is 27.7 Å². The third-order valence-corrected chi connectivity index (χ3v) is 5.17. The lowest BCUT2D eigenvalue weighted by molar-refractivity contribution is -0.140. The van der Waals surface area contributed by atoms with E-state index in [2.05, 4.69) is 0 Å². The third kappa shape index (κ3) is 4.40. The molecule has 1 unspecified atom stereocenters. The Hall–Kier alpha value is -1.74. The maximum absolute atomic E-state index is 13.4. The average molecular weight is 388 g/mol. The van der Waals surface area contributed by atoms with Crippen molar-refractivity contribution in [2.24, 2.45) is 0 Å². The molecule has 2 rings (SSSR count). The van der Waals surface area contributed by atoms with E-state index in [1.54, 1.807) is 0 Å². The fourth-order valence-electron chi connectivity index (χ4n) is 2.86. The van der Waals surface area contributed by atoms with Gasteiger partial charge in [-0.3, -0.25) is 4.79 Å². The van der Waals surface area contributed by atoms with Gasteiger partial charge in [0, 0.05) is 5.82 Å². The maximum atomic E-state index is 13.4. The molecular formula is C18H24BF3O5. The summed E-state index contributed by atoms with van der Waals surface area (Å²) in [6.07, 6.45) is -4.79. The number of alkyl halides is 3. The zero-order valence-electron chi connectivity index (χ0n) is 16.3. The molecule has 9 heteroatoms. The van der Waals surface area contributed by atoms with Crippen LogP contribution in [0.2, 0.25) is 0 Å². The van der Waals surface area contributed by atoms with Crippen molar-refractivity contribution < 1.29 is 36.7 Å². The van der Waals surface area contributed by atoms with Crippen LogP contribution in [-0.2, 0) is 25.0 Å². The van der Waals surface area contributed by atoms with Gasteiger partial charge in [0.15, 0.2) is 0 Å². The Labute approximate surface area is 157 Å². The highest BCUT2D eigenvalue weighted by Crippen LogP contribution is 2.44. The summed E-state index contributed by atoms with van der Waals surface area (Å²) >= 11 is 0. The maximum Gasteiger partial charge on any atom is 0.466 e. The van der Waals surface area contributed by atoms with Gasteiger partial charge in [-0.2, -0.15) is 13.2 Å². The molecule has 150 valence electrons. The summed E-state index contributed by atoms with van der Waals surface area (Å²) in [7, 11) is 1.49. The molecule has 0 N–H and O–H groups in total. The molecule has 1 atom stereocenters. The van der Waals surface area contributed by atoms with Crippen molar-refractivity contribution in [1.29, 1.82) is 0 Å². The second kappa shape index (κ2) is 7.35. The van der Waals surface area contributed by atoms with Crippen LogP contribution in [0.1, 0.15) is 51.1 Å². The van der Waals surface area contributed by atoms with Gasteiger partial charge in [-0.25, -0.2) is 0 Å². The molecule has 0 bridgehead atoms. The predicted molar refractivity (Wildman–Crippen MR) is 93.5 cm³/mol. The summed E-state index contributed by atoms with van der Waals surface area (Å²) in [4.78, 5) is 11.9. The van der Waals surface area contributed by atoms with Crippen molar-refractivity contribution in [2.75, 3.05) is 14.2 Å². The van der Waals surface area contributed by atoms with Gasteiger partial charge in [0.1, 0.15) is 5.75 Å². The van der Waals surface area contributed by atoms with Gasteiger partial charge in [0.25, 0.3) is 0 Å². The van der Waals surface area contributed by atoms with Crippen LogP contribution in [0.5, 0.6) is 5.75 Å². The van der Waals surface area contributed by atoms with Crippen LogP contribution < -0.4 is 4.74 Å². The molecule has 0 aliphatic carbocycles. The van der Waals surface area contributed by atoms with E-state index in [9.17, 15) is 18.0 Å². The van der Waals surface area contributed by atoms with Gasteiger partial charge < -0.3 is 18.8 Å². The third-order valence-electron chi connectivity index (χ3n) is 5.17.